The fourth-order valence-electron chi connectivity index (χ4n) is 4.74. The van der Waals surface area contributed by atoms with Crippen LogP contribution in [0.25, 0.3) is 0 Å². The van der Waals surface area contributed by atoms with Crippen LogP contribution in [0.2, 0.25) is 0 Å². The maximum atomic E-state index is 13.5. The number of carbonyl (C=O) groups excluding carboxylic acids is 2. The Labute approximate surface area is 250 Å². The zero-order chi connectivity index (χ0) is 31.3. The molecule has 1 aliphatic carbocycles. The smallest absolute Gasteiger partial charge is 0.227 e. The quantitative estimate of drug-likeness (QED) is 0.184. The molecule has 12 radical (unpaired) electrons. The number of hydrogen-bond donors (Lipinski definition) is 0. The maximum absolute atomic E-state index is 13.5. The van der Waals surface area contributed by atoms with Gasteiger partial charge in [0.25, 0.3) is 0 Å². The van der Waals surface area contributed by atoms with E-state index in [9.17, 15) is 9.59 Å². The van der Waals surface area contributed by atoms with Crippen LogP contribution in [0, 0.1) is 10.8 Å². The number of ketones is 2. The van der Waals surface area contributed by atoms with Gasteiger partial charge in [-0.1, -0.05) is 62.6 Å². The number of hydrogen-bond acceptors (Lipinski definition) is 4. The van der Waals surface area contributed by atoms with Gasteiger partial charge in [0.2, 0.25) is 23.1 Å². The lowest BCUT2D eigenvalue weighted by Gasteiger charge is -2.34. The van der Waals surface area contributed by atoms with Gasteiger partial charge in [-0.3, -0.25) is 9.59 Å². The fourth-order valence-corrected chi connectivity index (χ4v) is 4.74. The molecule has 0 heterocycles. The molecule has 0 spiro atoms. The van der Waals surface area contributed by atoms with Crippen LogP contribution in [0.1, 0.15) is 94.4 Å². The van der Waals surface area contributed by atoms with E-state index >= 15 is 0 Å². The molecular weight excluding hydrogens is 489 g/mol. The second-order valence-corrected chi connectivity index (χ2v) is 12.8. The van der Waals surface area contributed by atoms with Crippen LogP contribution < -0.4 is 0 Å². The lowest BCUT2D eigenvalue weighted by Crippen LogP contribution is -2.41. The third-order valence-electron chi connectivity index (χ3n) is 6.41. The highest BCUT2D eigenvalue weighted by Gasteiger charge is 2.39. The summed E-state index contributed by atoms with van der Waals surface area (Å²) in [7, 11) is 33.2. The summed E-state index contributed by atoms with van der Waals surface area (Å²) in [5, 5.41) is -4.53. The second-order valence-electron chi connectivity index (χ2n) is 12.8. The van der Waals surface area contributed by atoms with Crippen molar-refractivity contribution in [1.82, 2.24) is 0 Å². The number of ether oxygens (including phenoxy) is 2. The number of Topliss-reactive ketones (excluding diaryl/α,β-unsaturated/α-hetero) is 2. The molecule has 1 rings (SSSR count). The molecule has 0 bridgehead atoms. The van der Waals surface area contributed by atoms with Gasteiger partial charge < -0.3 is 9.47 Å². The Morgan fingerprint density at radius 2 is 1.18 bits per heavy atom. The van der Waals surface area contributed by atoms with Gasteiger partial charge in [0.05, 0.1) is 0 Å². The van der Waals surface area contributed by atoms with Crippen molar-refractivity contribution in [1.29, 1.82) is 0 Å². The normalized spacial score (nSPS) is 16.4. The summed E-state index contributed by atoms with van der Waals surface area (Å²) in [5.41, 5.74) is 3.83. The summed E-state index contributed by atoms with van der Waals surface area (Å²) in [6.45, 7) is 18.5. The first-order valence-electron chi connectivity index (χ1n) is 13.6. The van der Waals surface area contributed by atoms with E-state index in [4.69, 9.17) is 56.6 Å². The van der Waals surface area contributed by atoms with E-state index in [1.54, 1.807) is 0 Å². The van der Waals surface area contributed by atoms with Gasteiger partial charge in [0.15, 0.2) is 0 Å². The molecule has 0 atom stereocenters. The first-order valence-corrected chi connectivity index (χ1v) is 13.6. The molecule has 1 aliphatic rings. The van der Waals surface area contributed by atoms with E-state index in [2.05, 4.69) is 59.8 Å². The Kier molecular flexibility index (Phi) is 12.4. The molecular formula is C30H40B6O4. The highest BCUT2D eigenvalue weighted by Crippen LogP contribution is 2.37. The zero-order valence-electron chi connectivity index (χ0n) is 25.9. The van der Waals surface area contributed by atoms with Crippen LogP contribution in [-0.2, 0) is 19.1 Å². The van der Waals surface area contributed by atoms with E-state index in [1.807, 2.05) is 13.8 Å². The van der Waals surface area contributed by atoms with Gasteiger partial charge in [-0.05, 0) is 88.2 Å². The Morgan fingerprint density at radius 3 is 1.65 bits per heavy atom. The standard InChI is InChI=1S/C30H40B6O4/c1-18(2)11-10-12-19(3)15-27(6,7)14-13-20(4)16-28(8,9)17-22-21(5)23(37)25(39-29(31,32)33)26(24(22)38)40-30(34,35)36/h11,15-16H,10,12-14,17H2,1-9H3/b19-15+,20-16+. The third-order valence-corrected chi connectivity index (χ3v) is 6.41. The summed E-state index contributed by atoms with van der Waals surface area (Å²) >= 11 is 0. The Bertz CT molecular complexity index is 1120. The minimum absolute atomic E-state index is 0.0377. The molecule has 10 heteroatoms. The van der Waals surface area contributed by atoms with Crippen molar-refractivity contribution in [3.63, 3.8) is 0 Å². The molecule has 40 heavy (non-hydrogen) atoms. The van der Waals surface area contributed by atoms with E-state index in [1.165, 1.54) is 23.6 Å². The predicted octanol–water partition coefficient (Wildman–Crippen LogP) is 4.79. The van der Waals surface area contributed by atoms with Crippen LogP contribution in [0.5, 0.6) is 0 Å². The molecule has 0 saturated carbocycles. The average molecular weight is 530 g/mol. The highest BCUT2D eigenvalue weighted by atomic mass is 16.5. The van der Waals surface area contributed by atoms with E-state index in [0.717, 1.165) is 25.7 Å². The van der Waals surface area contributed by atoms with Gasteiger partial charge in [-0.2, -0.15) is 0 Å². The highest BCUT2D eigenvalue weighted by molar-refractivity contribution is 6.59. The molecule has 0 N–H and O–H groups in total. The summed E-state index contributed by atoms with van der Waals surface area (Å²) in [6, 6.07) is 0. The first kappa shape index (κ1) is 36.1. The summed E-state index contributed by atoms with van der Waals surface area (Å²) in [4.78, 5) is 26.7. The summed E-state index contributed by atoms with van der Waals surface area (Å²) in [6.07, 6.45) is 10.9. The van der Waals surface area contributed by atoms with Crippen LogP contribution in [-0.4, -0.2) is 69.2 Å². The van der Waals surface area contributed by atoms with Gasteiger partial charge in [-0.15, -0.1) is 0 Å². The van der Waals surface area contributed by atoms with Crippen molar-refractivity contribution in [2.75, 3.05) is 0 Å². The molecule has 202 valence electrons. The van der Waals surface area contributed by atoms with Crippen molar-refractivity contribution < 1.29 is 19.1 Å². The molecule has 0 aromatic rings. The average Bonchev–Trinajstić information content (AvgIpc) is 2.74. The number of rotatable bonds is 14. The molecule has 0 saturated heterocycles. The van der Waals surface area contributed by atoms with Crippen molar-refractivity contribution in [2.45, 2.75) is 105 Å². The van der Waals surface area contributed by atoms with Crippen LogP contribution in [0.4, 0.5) is 0 Å². The Morgan fingerprint density at radius 1 is 0.725 bits per heavy atom. The van der Waals surface area contributed by atoms with Gasteiger partial charge in [0.1, 0.15) is 47.1 Å². The SMILES string of the molecule is [B]C([B])([B])OC1=C(OC([B])([B])[B])C(=O)C(CC(C)(C)/C=C(\C)CCC(C)(C)/C=C(\C)CCC=C(C)C)=C(C)C1=O. The van der Waals surface area contributed by atoms with Gasteiger partial charge in [-0.25, -0.2) is 0 Å². The van der Waals surface area contributed by atoms with Crippen LogP contribution in [0.3, 0.4) is 0 Å². The predicted molar refractivity (Wildman–Crippen MR) is 169 cm³/mol. The maximum Gasteiger partial charge on any atom is 0.227 e. The van der Waals surface area contributed by atoms with Crippen molar-refractivity contribution in [2.24, 2.45) is 10.8 Å². The summed E-state index contributed by atoms with van der Waals surface area (Å²) < 4.78 is 10.4. The monoisotopic (exact) mass is 530 g/mol. The summed E-state index contributed by atoms with van der Waals surface area (Å²) in [5.74, 6) is -2.52. The van der Waals surface area contributed by atoms with E-state index < -0.39 is 39.1 Å². The Balaban J connectivity index is 3.13. The molecule has 0 aliphatic heterocycles. The fraction of sp³-hybridized carbons (Fsp3) is 0.600. The molecule has 4 nitrogen and oxygen atoms in total. The molecule has 0 amide bonds. The minimum atomic E-state index is -2.27. The molecule has 0 fully saturated rings. The van der Waals surface area contributed by atoms with Crippen LogP contribution >= 0.6 is 0 Å². The topological polar surface area (TPSA) is 52.6 Å². The van der Waals surface area contributed by atoms with E-state index in [0.29, 0.717) is 0 Å². The number of carbonyl (C=O) groups is 2. The lowest BCUT2D eigenvalue weighted by atomic mass is 9.52. The molecule has 0 unspecified atom stereocenters. The van der Waals surface area contributed by atoms with Crippen LogP contribution in [0.15, 0.2) is 57.6 Å². The molecule has 0 aromatic carbocycles. The van der Waals surface area contributed by atoms with Crippen molar-refractivity contribution >= 4 is 58.6 Å². The first-order chi connectivity index (χ1) is 17.9. The van der Waals surface area contributed by atoms with Crippen molar-refractivity contribution in [3.8, 4) is 0 Å². The van der Waals surface area contributed by atoms with Gasteiger partial charge in [0, 0.05) is 11.1 Å². The second kappa shape index (κ2) is 13.8. The van der Waals surface area contributed by atoms with Crippen molar-refractivity contribution in [3.05, 3.63) is 57.6 Å². The number of allylic oxidation sites excluding steroid dienone is 8. The zero-order valence-corrected chi connectivity index (χ0v) is 25.9. The largest absolute Gasteiger partial charge is 0.509 e. The molecule has 0 aromatic heterocycles. The lowest BCUT2D eigenvalue weighted by molar-refractivity contribution is -0.122. The minimum Gasteiger partial charge on any atom is -0.509 e. The van der Waals surface area contributed by atoms with Gasteiger partial charge >= 0.3 is 0 Å². The Hall–Kier alpha value is -1.97. The van der Waals surface area contributed by atoms with E-state index in [-0.39, 0.29) is 23.0 Å². The third kappa shape index (κ3) is 12.7.